The molecule has 0 fully saturated rings. The first-order valence-corrected chi connectivity index (χ1v) is 4.67. The molecule has 0 atom stereocenters. The number of benzene rings is 1. The molecule has 0 radical (unpaired) electrons. The lowest BCUT2D eigenvalue weighted by Gasteiger charge is -2.00. The van der Waals surface area contributed by atoms with Crippen LogP contribution in [-0.2, 0) is 0 Å². The number of rotatable bonds is 1. The smallest absolute Gasteiger partial charge is 0.222 e. The van der Waals surface area contributed by atoms with Crippen molar-refractivity contribution in [3.8, 4) is 11.4 Å². The van der Waals surface area contributed by atoms with Gasteiger partial charge in [0.05, 0.1) is 0 Å². The monoisotopic (exact) mass is 203 g/mol. The molecule has 2 rings (SSSR count). The normalized spacial score (nSPS) is 10.1. The molecule has 3 nitrogen and oxygen atoms in total. The first-order chi connectivity index (χ1) is 6.75. The van der Waals surface area contributed by atoms with E-state index in [1.165, 1.54) is 0 Å². The van der Waals surface area contributed by atoms with Crippen LogP contribution in [0, 0.1) is 11.7 Å². The zero-order valence-corrected chi connectivity index (χ0v) is 8.51. The van der Waals surface area contributed by atoms with Crippen LogP contribution in [0.4, 0.5) is 0 Å². The van der Waals surface area contributed by atoms with Gasteiger partial charge in [0.1, 0.15) is 11.6 Å². The van der Waals surface area contributed by atoms with Crippen LogP contribution in [0.2, 0.25) is 0 Å². The molecule has 14 heavy (non-hydrogen) atoms. The predicted molar refractivity (Wildman–Crippen MR) is 57.4 cm³/mol. The second-order valence-corrected chi connectivity index (χ2v) is 3.30. The molecule has 0 amide bonds. The van der Waals surface area contributed by atoms with Crippen molar-refractivity contribution in [1.82, 2.24) is 15.0 Å². The van der Waals surface area contributed by atoms with Crippen LogP contribution >= 0.6 is 12.2 Å². The highest BCUT2D eigenvalue weighted by Gasteiger charge is 1.99. The van der Waals surface area contributed by atoms with Crippen molar-refractivity contribution in [1.29, 1.82) is 0 Å². The Morgan fingerprint density at radius 3 is 2.50 bits per heavy atom. The minimum absolute atomic E-state index is 0.375. The van der Waals surface area contributed by atoms with Crippen molar-refractivity contribution >= 4 is 12.2 Å². The van der Waals surface area contributed by atoms with Crippen molar-refractivity contribution in [2.75, 3.05) is 0 Å². The van der Waals surface area contributed by atoms with E-state index in [2.05, 4.69) is 15.0 Å². The topological polar surface area (TPSA) is 41.6 Å². The fourth-order valence-electron chi connectivity index (χ4n) is 1.22. The summed E-state index contributed by atoms with van der Waals surface area (Å²) in [5.74, 6) is 1.55. The van der Waals surface area contributed by atoms with Crippen LogP contribution in [0.15, 0.2) is 30.3 Å². The third-order valence-corrected chi connectivity index (χ3v) is 2.00. The van der Waals surface area contributed by atoms with Crippen molar-refractivity contribution in [2.45, 2.75) is 6.92 Å². The number of H-pyrrole nitrogens is 1. The van der Waals surface area contributed by atoms with Gasteiger partial charge in [-0.05, 0) is 19.1 Å². The Hall–Kier alpha value is -1.55. The van der Waals surface area contributed by atoms with E-state index in [9.17, 15) is 0 Å². The Labute approximate surface area is 86.9 Å². The second-order valence-electron chi connectivity index (χ2n) is 2.93. The van der Waals surface area contributed by atoms with Crippen molar-refractivity contribution in [3.05, 3.63) is 40.9 Å². The number of aryl methyl sites for hydroxylation is 1. The SMILES string of the molecule is Cc1nc(=S)nc(-c2ccccc2)[nH]1. The standard InChI is InChI=1S/C10H9N3S/c1-7-11-9(13-10(14)12-7)8-5-3-2-4-6-8/h2-6H,1H3,(H,11,12,13,14). The molecule has 0 aliphatic rings. The molecular weight excluding hydrogens is 194 g/mol. The average molecular weight is 203 g/mol. The lowest BCUT2D eigenvalue weighted by molar-refractivity contribution is 0.966. The van der Waals surface area contributed by atoms with Crippen molar-refractivity contribution < 1.29 is 0 Å². The first-order valence-electron chi connectivity index (χ1n) is 4.26. The van der Waals surface area contributed by atoms with Crippen molar-refractivity contribution in [2.24, 2.45) is 0 Å². The van der Waals surface area contributed by atoms with Crippen LogP contribution < -0.4 is 0 Å². The molecular formula is C10H9N3S. The van der Waals surface area contributed by atoms with E-state index in [1.807, 2.05) is 37.3 Å². The van der Waals surface area contributed by atoms with Crippen LogP contribution in [0.5, 0.6) is 0 Å². The van der Waals surface area contributed by atoms with Gasteiger partial charge in [-0.15, -0.1) is 0 Å². The number of hydrogen-bond donors (Lipinski definition) is 1. The summed E-state index contributed by atoms with van der Waals surface area (Å²) in [5.41, 5.74) is 1.02. The van der Waals surface area contributed by atoms with Gasteiger partial charge in [-0.1, -0.05) is 30.3 Å². The summed E-state index contributed by atoms with van der Waals surface area (Å²) in [6.07, 6.45) is 0. The Morgan fingerprint density at radius 2 is 1.86 bits per heavy atom. The zero-order valence-electron chi connectivity index (χ0n) is 7.69. The molecule has 1 aromatic heterocycles. The maximum atomic E-state index is 4.94. The largest absolute Gasteiger partial charge is 0.328 e. The van der Waals surface area contributed by atoms with Gasteiger partial charge in [-0.3, -0.25) is 0 Å². The van der Waals surface area contributed by atoms with Gasteiger partial charge in [0.25, 0.3) is 0 Å². The Balaban J connectivity index is 2.58. The molecule has 0 bridgehead atoms. The van der Waals surface area contributed by atoms with Gasteiger partial charge in [0.15, 0.2) is 0 Å². The van der Waals surface area contributed by atoms with Gasteiger partial charge in [0, 0.05) is 5.56 Å². The summed E-state index contributed by atoms with van der Waals surface area (Å²) in [6.45, 7) is 1.86. The maximum Gasteiger partial charge on any atom is 0.222 e. The number of hydrogen-bond acceptors (Lipinski definition) is 3. The number of aromatic amines is 1. The molecule has 1 aromatic carbocycles. The van der Waals surface area contributed by atoms with Crippen LogP contribution in [0.3, 0.4) is 0 Å². The number of nitrogens with zero attached hydrogens (tertiary/aromatic N) is 2. The molecule has 1 N–H and O–H groups in total. The highest BCUT2D eigenvalue weighted by atomic mass is 32.1. The first kappa shape index (κ1) is 9.02. The summed E-state index contributed by atoms with van der Waals surface area (Å²) in [7, 11) is 0. The molecule has 0 unspecified atom stereocenters. The van der Waals surface area contributed by atoms with Gasteiger partial charge in [-0.2, -0.15) is 0 Å². The Bertz CT molecular complexity index is 490. The molecule has 2 aromatic rings. The predicted octanol–water partition coefficient (Wildman–Crippen LogP) is 2.51. The quantitative estimate of drug-likeness (QED) is 0.724. The van der Waals surface area contributed by atoms with Gasteiger partial charge < -0.3 is 4.98 Å². The second kappa shape index (κ2) is 3.67. The maximum absolute atomic E-state index is 4.94. The van der Waals surface area contributed by atoms with Crippen LogP contribution in [0.1, 0.15) is 5.82 Å². The van der Waals surface area contributed by atoms with Crippen LogP contribution in [-0.4, -0.2) is 15.0 Å². The Morgan fingerprint density at radius 1 is 1.14 bits per heavy atom. The fraction of sp³-hybridized carbons (Fsp3) is 0.100. The summed E-state index contributed by atoms with van der Waals surface area (Å²) < 4.78 is 0.375. The minimum Gasteiger partial charge on any atom is -0.328 e. The molecule has 1 heterocycles. The highest BCUT2D eigenvalue weighted by molar-refractivity contribution is 7.71. The molecule has 0 spiro atoms. The van der Waals surface area contributed by atoms with E-state index in [4.69, 9.17) is 12.2 Å². The van der Waals surface area contributed by atoms with Gasteiger partial charge in [0.2, 0.25) is 4.77 Å². The number of nitrogens with one attached hydrogen (secondary N) is 1. The molecule has 4 heteroatoms. The summed E-state index contributed by atoms with van der Waals surface area (Å²) in [4.78, 5) is 11.2. The molecule has 0 aliphatic carbocycles. The van der Waals surface area contributed by atoms with Gasteiger partial charge >= 0.3 is 0 Å². The average Bonchev–Trinajstić information content (AvgIpc) is 2.18. The summed E-state index contributed by atoms with van der Waals surface area (Å²) >= 11 is 4.94. The third kappa shape index (κ3) is 1.85. The minimum atomic E-state index is 0.375. The van der Waals surface area contributed by atoms with Gasteiger partial charge in [-0.25, -0.2) is 9.97 Å². The fourth-order valence-corrected chi connectivity index (χ4v) is 1.45. The van der Waals surface area contributed by atoms with E-state index in [-0.39, 0.29) is 0 Å². The van der Waals surface area contributed by atoms with E-state index in [0.29, 0.717) is 4.77 Å². The molecule has 70 valence electrons. The lowest BCUT2D eigenvalue weighted by atomic mass is 10.2. The third-order valence-electron chi connectivity index (χ3n) is 1.82. The number of aromatic nitrogens is 3. The van der Waals surface area contributed by atoms with Crippen molar-refractivity contribution in [3.63, 3.8) is 0 Å². The van der Waals surface area contributed by atoms with E-state index < -0.39 is 0 Å². The highest BCUT2D eigenvalue weighted by Crippen LogP contribution is 2.12. The van der Waals surface area contributed by atoms with Crippen LogP contribution in [0.25, 0.3) is 11.4 Å². The molecule has 0 saturated carbocycles. The lowest BCUT2D eigenvalue weighted by Crippen LogP contribution is -1.95. The van der Waals surface area contributed by atoms with E-state index in [1.54, 1.807) is 0 Å². The summed E-state index contributed by atoms with van der Waals surface area (Å²) in [6, 6.07) is 9.85. The Kier molecular flexibility index (Phi) is 2.37. The zero-order chi connectivity index (χ0) is 9.97. The molecule has 0 saturated heterocycles. The molecule has 0 aliphatic heterocycles. The van der Waals surface area contributed by atoms with E-state index >= 15 is 0 Å². The summed E-state index contributed by atoms with van der Waals surface area (Å²) in [5, 5.41) is 0. The van der Waals surface area contributed by atoms with E-state index in [0.717, 1.165) is 17.2 Å².